The van der Waals surface area contributed by atoms with E-state index in [9.17, 15) is 9.59 Å². The van der Waals surface area contributed by atoms with Crippen LogP contribution in [0.2, 0.25) is 0 Å². The maximum absolute atomic E-state index is 10.8. The average Bonchev–Trinajstić information content (AvgIpc) is 2.01. The van der Waals surface area contributed by atoms with Gasteiger partial charge in [0.1, 0.15) is 0 Å². The molecule has 13 heavy (non-hydrogen) atoms. The van der Waals surface area contributed by atoms with Crippen LogP contribution in [0.4, 0.5) is 0 Å². The highest BCUT2D eigenvalue weighted by Crippen LogP contribution is 2.02. The third kappa shape index (κ3) is 7.27. The maximum atomic E-state index is 10.8. The second-order valence-electron chi connectivity index (χ2n) is 2.60. The molecule has 0 bridgehead atoms. The molecule has 5 heteroatoms. The predicted molar refractivity (Wildman–Crippen MR) is 44.1 cm³/mol. The predicted octanol–water partition coefficient (Wildman–Crippen LogP) is 0.165. The molecule has 0 aromatic rings. The van der Waals surface area contributed by atoms with E-state index in [1.54, 1.807) is 6.92 Å². The second-order valence-corrected chi connectivity index (χ2v) is 2.60. The highest BCUT2D eigenvalue weighted by molar-refractivity contribution is 5.70. The fourth-order valence-corrected chi connectivity index (χ4v) is 0.804. The van der Waals surface area contributed by atoms with Crippen molar-refractivity contribution in [2.45, 2.75) is 32.3 Å². The van der Waals surface area contributed by atoms with E-state index in [2.05, 4.69) is 4.74 Å². The Hall–Kier alpha value is -1.10. The number of hydrogen-bond donors (Lipinski definition) is 2. The first kappa shape index (κ1) is 11.9. The van der Waals surface area contributed by atoms with Crippen LogP contribution in [-0.2, 0) is 14.3 Å². The molecule has 0 aromatic heterocycles. The quantitative estimate of drug-likeness (QED) is 0.583. The lowest BCUT2D eigenvalue weighted by molar-refractivity contribution is -0.146. The van der Waals surface area contributed by atoms with Crippen LogP contribution in [0.1, 0.15) is 26.2 Å². The summed E-state index contributed by atoms with van der Waals surface area (Å²) in [5.41, 5.74) is 0. The Bertz CT molecular complexity index is 177. The van der Waals surface area contributed by atoms with Crippen molar-refractivity contribution in [2.75, 3.05) is 6.61 Å². The smallest absolute Gasteiger partial charge is 0.308 e. The standard InChI is InChI=1S/C8H14O5/c1-2-13-8(12)5-6(9)3-4-7(10)11/h6,9H,2-5H2,1H3,(H,10,11). The van der Waals surface area contributed by atoms with Crippen molar-refractivity contribution < 1.29 is 24.5 Å². The lowest BCUT2D eigenvalue weighted by Crippen LogP contribution is -2.16. The van der Waals surface area contributed by atoms with Crippen LogP contribution >= 0.6 is 0 Å². The van der Waals surface area contributed by atoms with Gasteiger partial charge in [-0.1, -0.05) is 0 Å². The molecule has 0 aliphatic rings. The molecule has 76 valence electrons. The molecule has 0 rings (SSSR count). The molecule has 1 atom stereocenters. The normalized spacial score (nSPS) is 12.2. The Kier molecular flexibility index (Phi) is 5.88. The fourth-order valence-electron chi connectivity index (χ4n) is 0.804. The molecule has 0 aliphatic carbocycles. The van der Waals surface area contributed by atoms with Gasteiger partial charge in [0, 0.05) is 6.42 Å². The molecule has 2 N–H and O–H groups in total. The van der Waals surface area contributed by atoms with Crippen LogP contribution in [0.15, 0.2) is 0 Å². The lowest BCUT2D eigenvalue weighted by Gasteiger charge is -2.07. The number of ether oxygens (including phenoxy) is 1. The summed E-state index contributed by atoms with van der Waals surface area (Å²) in [6.45, 7) is 1.94. The van der Waals surface area contributed by atoms with Crippen LogP contribution in [-0.4, -0.2) is 34.9 Å². The van der Waals surface area contributed by atoms with Gasteiger partial charge in [-0.2, -0.15) is 0 Å². The number of carbonyl (C=O) groups is 2. The molecule has 0 heterocycles. The minimum Gasteiger partial charge on any atom is -0.481 e. The third-order valence-corrected chi connectivity index (χ3v) is 1.40. The highest BCUT2D eigenvalue weighted by Gasteiger charge is 2.12. The number of rotatable bonds is 6. The second kappa shape index (κ2) is 6.42. The largest absolute Gasteiger partial charge is 0.481 e. The zero-order valence-electron chi connectivity index (χ0n) is 7.52. The number of hydrogen-bond acceptors (Lipinski definition) is 4. The van der Waals surface area contributed by atoms with E-state index in [1.165, 1.54) is 0 Å². The van der Waals surface area contributed by atoms with Gasteiger partial charge in [0.2, 0.25) is 0 Å². The van der Waals surface area contributed by atoms with E-state index in [-0.39, 0.29) is 25.9 Å². The topological polar surface area (TPSA) is 83.8 Å². The van der Waals surface area contributed by atoms with E-state index in [1.807, 2.05) is 0 Å². The molecule has 0 aliphatic heterocycles. The first-order valence-corrected chi connectivity index (χ1v) is 4.11. The molecule has 0 amide bonds. The zero-order valence-corrected chi connectivity index (χ0v) is 7.52. The van der Waals surface area contributed by atoms with Crippen molar-refractivity contribution in [3.63, 3.8) is 0 Å². The van der Waals surface area contributed by atoms with Crippen molar-refractivity contribution in [3.8, 4) is 0 Å². The third-order valence-electron chi connectivity index (χ3n) is 1.40. The number of carbonyl (C=O) groups excluding carboxylic acids is 1. The summed E-state index contributed by atoms with van der Waals surface area (Å²) in [4.78, 5) is 20.9. The van der Waals surface area contributed by atoms with Crippen molar-refractivity contribution in [1.82, 2.24) is 0 Å². The van der Waals surface area contributed by atoms with E-state index < -0.39 is 18.0 Å². The van der Waals surface area contributed by atoms with Crippen LogP contribution in [0.3, 0.4) is 0 Å². The molecule has 5 nitrogen and oxygen atoms in total. The molecule has 0 spiro atoms. The fraction of sp³-hybridized carbons (Fsp3) is 0.750. The van der Waals surface area contributed by atoms with Gasteiger partial charge in [0.05, 0.1) is 19.1 Å². The molecular formula is C8H14O5. The van der Waals surface area contributed by atoms with Gasteiger partial charge in [-0.3, -0.25) is 9.59 Å². The Morgan fingerprint density at radius 3 is 2.54 bits per heavy atom. The average molecular weight is 190 g/mol. The number of aliphatic carboxylic acids is 1. The lowest BCUT2D eigenvalue weighted by atomic mass is 10.1. The van der Waals surface area contributed by atoms with Gasteiger partial charge in [0.25, 0.3) is 0 Å². The highest BCUT2D eigenvalue weighted by atomic mass is 16.5. The molecule has 0 aromatic carbocycles. The van der Waals surface area contributed by atoms with Gasteiger partial charge >= 0.3 is 11.9 Å². The van der Waals surface area contributed by atoms with Gasteiger partial charge in [-0.25, -0.2) is 0 Å². The number of aliphatic hydroxyl groups excluding tert-OH is 1. The first-order chi connectivity index (χ1) is 6.06. The van der Waals surface area contributed by atoms with Crippen LogP contribution in [0.25, 0.3) is 0 Å². The van der Waals surface area contributed by atoms with Crippen LogP contribution in [0, 0.1) is 0 Å². The maximum Gasteiger partial charge on any atom is 0.308 e. The van der Waals surface area contributed by atoms with Gasteiger partial charge in [-0.05, 0) is 13.3 Å². The van der Waals surface area contributed by atoms with E-state index >= 15 is 0 Å². The Labute approximate surface area is 76.3 Å². The molecule has 0 saturated carbocycles. The summed E-state index contributed by atoms with van der Waals surface area (Å²) in [5.74, 6) is -1.48. The van der Waals surface area contributed by atoms with Crippen molar-refractivity contribution in [3.05, 3.63) is 0 Å². The van der Waals surface area contributed by atoms with Crippen LogP contribution < -0.4 is 0 Å². The van der Waals surface area contributed by atoms with Crippen LogP contribution in [0.5, 0.6) is 0 Å². The van der Waals surface area contributed by atoms with E-state index in [4.69, 9.17) is 10.2 Å². The van der Waals surface area contributed by atoms with E-state index in [0.29, 0.717) is 0 Å². The van der Waals surface area contributed by atoms with Gasteiger partial charge < -0.3 is 14.9 Å². The Morgan fingerprint density at radius 2 is 2.08 bits per heavy atom. The summed E-state index contributed by atoms with van der Waals surface area (Å²) in [6.07, 6.45) is -1.12. The molecular weight excluding hydrogens is 176 g/mol. The number of aliphatic hydroxyl groups is 1. The number of esters is 1. The summed E-state index contributed by atoms with van der Waals surface area (Å²) in [5, 5.41) is 17.4. The molecule has 0 fully saturated rings. The molecule has 0 saturated heterocycles. The Balaban J connectivity index is 3.55. The number of carboxylic acids is 1. The Morgan fingerprint density at radius 1 is 1.46 bits per heavy atom. The molecule has 0 radical (unpaired) electrons. The summed E-state index contributed by atoms with van der Waals surface area (Å²) < 4.78 is 4.57. The number of carboxylic acid groups (broad SMARTS) is 1. The van der Waals surface area contributed by atoms with Crippen molar-refractivity contribution in [2.24, 2.45) is 0 Å². The monoisotopic (exact) mass is 190 g/mol. The zero-order chi connectivity index (χ0) is 10.3. The first-order valence-electron chi connectivity index (χ1n) is 4.11. The minimum atomic E-state index is -0.983. The summed E-state index contributed by atoms with van der Waals surface area (Å²) in [6, 6.07) is 0. The van der Waals surface area contributed by atoms with E-state index in [0.717, 1.165) is 0 Å². The van der Waals surface area contributed by atoms with Gasteiger partial charge in [0.15, 0.2) is 0 Å². The van der Waals surface area contributed by atoms with Crippen molar-refractivity contribution in [1.29, 1.82) is 0 Å². The minimum absolute atomic E-state index is 0.0775. The summed E-state index contributed by atoms with van der Waals surface area (Å²) >= 11 is 0. The molecule has 1 unspecified atom stereocenters. The van der Waals surface area contributed by atoms with Gasteiger partial charge in [-0.15, -0.1) is 0 Å². The SMILES string of the molecule is CCOC(=O)CC(O)CCC(=O)O. The van der Waals surface area contributed by atoms with Crippen molar-refractivity contribution >= 4 is 11.9 Å². The summed E-state index contributed by atoms with van der Waals surface area (Å²) in [7, 11) is 0.